The maximum atomic E-state index is 12.0. The Labute approximate surface area is 117 Å². The molecule has 4 nitrogen and oxygen atoms in total. The second-order valence-corrected chi connectivity index (χ2v) is 7.58. The molecule has 0 aliphatic carbocycles. The Hall–Kier alpha value is -1.07. The molecule has 1 heterocycles. The van der Waals surface area contributed by atoms with Crippen LogP contribution in [-0.2, 0) is 26.8 Å². The molecule has 1 aliphatic rings. The Balaban J connectivity index is 1.89. The average molecular weight is 302 g/mol. The smallest absolute Gasteiger partial charge is 0.232 e. The van der Waals surface area contributed by atoms with Crippen LogP contribution in [0.5, 0.6) is 0 Å². The highest BCUT2D eigenvalue weighted by atomic mass is 35.7. The zero-order chi connectivity index (χ0) is 13.9. The van der Waals surface area contributed by atoms with Crippen molar-refractivity contribution in [1.82, 2.24) is 4.90 Å². The lowest BCUT2D eigenvalue weighted by atomic mass is 10.00. The molecule has 1 aromatic carbocycles. The van der Waals surface area contributed by atoms with E-state index < -0.39 is 9.05 Å². The van der Waals surface area contributed by atoms with Gasteiger partial charge in [0.25, 0.3) is 0 Å². The van der Waals surface area contributed by atoms with Crippen LogP contribution in [0.3, 0.4) is 0 Å². The molecule has 2 rings (SSSR count). The Bertz CT molecular complexity index is 571. The van der Waals surface area contributed by atoms with Crippen LogP contribution in [0.4, 0.5) is 0 Å². The third-order valence-corrected chi connectivity index (χ3v) is 4.50. The van der Waals surface area contributed by atoms with Crippen LogP contribution in [0.2, 0.25) is 0 Å². The van der Waals surface area contributed by atoms with Gasteiger partial charge in [0, 0.05) is 30.2 Å². The summed E-state index contributed by atoms with van der Waals surface area (Å²) in [5, 5.41) is 0. The Kier molecular flexibility index (Phi) is 4.47. The maximum absolute atomic E-state index is 12.0. The van der Waals surface area contributed by atoms with E-state index >= 15 is 0 Å². The second kappa shape index (κ2) is 5.92. The number of benzene rings is 1. The summed E-state index contributed by atoms with van der Waals surface area (Å²) in [5.74, 6) is -0.153. The second-order valence-electron chi connectivity index (χ2n) is 4.68. The number of rotatable bonds is 4. The highest BCUT2D eigenvalue weighted by Crippen LogP contribution is 2.19. The van der Waals surface area contributed by atoms with Crippen LogP contribution in [0.1, 0.15) is 24.0 Å². The summed E-state index contributed by atoms with van der Waals surface area (Å²) in [5.41, 5.74) is 2.46. The van der Waals surface area contributed by atoms with Gasteiger partial charge in [-0.05, 0) is 24.0 Å². The van der Waals surface area contributed by atoms with Crippen molar-refractivity contribution in [3.63, 3.8) is 0 Å². The number of amides is 1. The molecule has 0 fully saturated rings. The van der Waals surface area contributed by atoms with Crippen molar-refractivity contribution >= 4 is 25.6 Å². The van der Waals surface area contributed by atoms with Gasteiger partial charge in [0.15, 0.2) is 0 Å². The summed E-state index contributed by atoms with van der Waals surface area (Å²) in [6, 6.07) is 8.07. The van der Waals surface area contributed by atoms with Gasteiger partial charge in [-0.2, -0.15) is 0 Å². The Morgan fingerprint density at radius 3 is 2.63 bits per heavy atom. The van der Waals surface area contributed by atoms with Crippen molar-refractivity contribution in [2.45, 2.75) is 25.8 Å². The minimum Gasteiger partial charge on any atom is -0.338 e. The first-order valence-corrected chi connectivity index (χ1v) is 8.70. The molecule has 0 radical (unpaired) electrons. The largest absolute Gasteiger partial charge is 0.338 e. The molecule has 0 spiro atoms. The topological polar surface area (TPSA) is 54.5 Å². The van der Waals surface area contributed by atoms with E-state index in [1.807, 2.05) is 18.2 Å². The van der Waals surface area contributed by atoms with Crippen LogP contribution in [0.25, 0.3) is 0 Å². The number of nitrogens with zero attached hydrogens (tertiary/aromatic N) is 1. The lowest BCUT2D eigenvalue weighted by Gasteiger charge is -2.28. The molecule has 6 heteroatoms. The fourth-order valence-electron chi connectivity index (χ4n) is 2.26. The standard InChI is InChI=1S/C13H16ClNO3S/c14-19(17,18)9-3-6-13(16)15-8-7-11-4-1-2-5-12(11)10-15/h1-2,4-5H,3,6-10H2. The Morgan fingerprint density at radius 2 is 1.95 bits per heavy atom. The van der Waals surface area contributed by atoms with Gasteiger partial charge in [0.05, 0.1) is 5.75 Å². The molecule has 0 unspecified atom stereocenters. The van der Waals surface area contributed by atoms with Crippen LogP contribution in [-0.4, -0.2) is 31.5 Å². The Morgan fingerprint density at radius 1 is 1.26 bits per heavy atom. The van der Waals surface area contributed by atoms with E-state index in [9.17, 15) is 13.2 Å². The molecule has 1 aromatic rings. The number of hydrogen-bond acceptors (Lipinski definition) is 3. The number of hydrogen-bond donors (Lipinski definition) is 0. The minimum atomic E-state index is -3.50. The normalized spacial score (nSPS) is 15.1. The number of fused-ring (bicyclic) bond motifs is 1. The first-order valence-electron chi connectivity index (χ1n) is 6.22. The molecule has 0 saturated heterocycles. The zero-order valence-electron chi connectivity index (χ0n) is 10.5. The summed E-state index contributed by atoms with van der Waals surface area (Å²) in [4.78, 5) is 13.8. The quantitative estimate of drug-likeness (QED) is 0.798. The fraction of sp³-hybridized carbons (Fsp3) is 0.462. The highest BCUT2D eigenvalue weighted by molar-refractivity contribution is 8.13. The van der Waals surface area contributed by atoms with Crippen molar-refractivity contribution in [3.05, 3.63) is 35.4 Å². The molecular weight excluding hydrogens is 286 g/mol. The summed E-state index contributed by atoms with van der Waals surface area (Å²) in [6.07, 6.45) is 1.37. The molecule has 0 aromatic heterocycles. The predicted molar refractivity (Wildman–Crippen MR) is 74.4 cm³/mol. The van der Waals surface area contributed by atoms with E-state index in [2.05, 4.69) is 6.07 Å². The molecular formula is C13H16ClNO3S. The van der Waals surface area contributed by atoms with Gasteiger partial charge in [-0.25, -0.2) is 8.42 Å². The summed E-state index contributed by atoms with van der Waals surface area (Å²) >= 11 is 0. The van der Waals surface area contributed by atoms with E-state index in [0.29, 0.717) is 13.1 Å². The molecule has 0 atom stereocenters. The van der Waals surface area contributed by atoms with Gasteiger partial charge in [-0.3, -0.25) is 4.79 Å². The molecule has 0 bridgehead atoms. The molecule has 1 aliphatic heterocycles. The van der Waals surface area contributed by atoms with Crippen molar-refractivity contribution < 1.29 is 13.2 Å². The molecule has 0 N–H and O–H groups in total. The number of carbonyl (C=O) groups excluding carboxylic acids is 1. The SMILES string of the molecule is O=C(CCCS(=O)(=O)Cl)N1CCc2ccccc2C1. The van der Waals surface area contributed by atoms with Gasteiger partial charge >= 0.3 is 0 Å². The average Bonchev–Trinajstić information content (AvgIpc) is 2.36. The van der Waals surface area contributed by atoms with E-state index in [1.54, 1.807) is 4.90 Å². The van der Waals surface area contributed by atoms with Crippen molar-refractivity contribution in [2.75, 3.05) is 12.3 Å². The number of carbonyl (C=O) groups is 1. The lowest BCUT2D eigenvalue weighted by molar-refractivity contribution is -0.132. The van der Waals surface area contributed by atoms with E-state index in [1.165, 1.54) is 11.1 Å². The predicted octanol–water partition coefficient (Wildman–Crippen LogP) is 1.92. The van der Waals surface area contributed by atoms with Gasteiger partial charge in [0.2, 0.25) is 15.0 Å². The minimum absolute atomic E-state index is 0.00480. The first kappa shape index (κ1) is 14.3. The van der Waals surface area contributed by atoms with Gasteiger partial charge in [-0.15, -0.1) is 0 Å². The van der Waals surface area contributed by atoms with Crippen molar-refractivity contribution in [3.8, 4) is 0 Å². The van der Waals surface area contributed by atoms with Gasteiger partial charge in [0.1, 0.15) is 0 Å². The van der Waals surface area contributed by atoms with Crippen LogP contribution in [0, 0.1) is 0 Å². The highest BCUT2D eigenvalue weighted by Gasteiger charge is 2.20. The van der Waals surface area contributed by atoms with Crippen LogP contribution < -0.4 is 0 Å². The summed E-state index contributed by atoms with van der Waals surface area (Å²) in [6.45, 7) is 1.31. The third-order valence-electron chi connectivity index (χ3n) is 3.26. The zero-order valence-corrected chi connectivity index (χ0v) is 12.1. The molecule has 104 valence electrons. The maximum Gasteiger partial charge on any atom is 0.232 e. The molecule has 1 amide bonds. The van der Waals surface area contributed by atoms with Crippen molar-refractivity contribution in [1.29, 1.82) is 0 Å². The third kappa shape index (κ3) is 4.21. The molecule has 0 saturated carbocycles. The van der Waals surface area contributed by atoms with Crippen LogP contribution >= 0.6 is 10.7 Å². The summed E-state index contributed by atoms with van der Waals surface area (Å²) in [7, 11) is 1.62. The summed E-state index contributed by atoms with van der Waals surface area (Å²) < 4.78 is 21.6. The van der Waals surface area contributed by atoms with E-state index in [-0.39, 0.29) is 24.5 Å². The lowest BCUT2D eigenvalue weighted by Crippen LogP contribution is -2.35. The number of halogens is 1. The van der Waals surface area contributed by atoms with E-state index in [0.717, 1.165) is 6.42 Å². The van der Waals surface area contributed by atoms with Crippen LogP contribution in [0.15, 0.2) is 24.3 Å². The van der Waals surface area contributed by atoms with E-state index in [4.69, 9.17) is 10.7 Å². The van der Waals surface area contributed by atoms with Crippen molar-refractivity contribution in [2.24, 2.45) is 0 Å². The molecule has 19 heavy (non-hydrogen) atoms. The fourth-order valence-corrected chi connectivity index (χ4v) is 3.08. The monoisotopic (exact) mass is 301 g/mol. The van der Waals surface area contributed by atoms with Gasteiger partial charge < -0.3 is 4.90 Å². The first-order chi connectivity index (χ1) is 8.96. The van der Waals surface area contributed by atoms with Gasteiger partial charge in [-0.1, -0.05) is 24.3 Å².